The third-order valence-corrected chi connectivity index (χ3v) is 5.39. The van der Waals surface area contributed by atoms with Gasteiger partial charge in [-0.3, -0.25) is 14.4 Å². The van der Waals surface area contributed by atoms with Crippen LogP contribution in [-0.2, 0) is 20.7 Å². The van der Waals surface area contributed by atoms with Gasteiger partial charge in [0.15, 0.2) is 6.10 Å². The molecule has 3 aromatic carbocycles. The highest BCUT2D eigenvalue weighted by Crippen LogP contribution is 2.22. The van der Waals surface area contributed by atoms with Gasteiger partial charge in [-0.2, -0.15) is 0 Å². The van der Waals surface area contributed by atoms with Gasteiger partial charge in [-0.05, 0) is 29.8 Å². The Labute approximate surface area is 196 Å². The molecule has 3 aromatic rings. The molecule has 8 nitrogen and oxygen atoms in total. The average molecular weight is 457 g/mol. The Bertz CT molecular complexity index is 1240. The van der Waals surface area contributed by atoms with Crippen LogP contribution in [0.3, 0.4) is 0 Å². The molecule has 3 amide bonds. The first-order valence-electron chi connectivity index (χ1n) is 10.7. The van der Waals surface area contributed by atoms with Crippen LogP contribution in [0.4, 0.5) is 11.4 Å². The number of cyclic esters (lactones) is 1. The highest BCUT2D eigenvalue weighted by atomic mass is 16.5. The quantitative estimate of drug-likeness (QED) is 0.576. The topological polar surface area (TPSA) is 105 Å². The summed E-state index contributed by atoms with van der Waals surface area (Å²) in [5.41, 5.74) is 1.65. The van der Waals surface area contributed by atoms with Gasteiger partial charge in [-0.1, -0.05) is 54.6 Å². The van der Waals surface area contributed by atoms with Crippen LogP contribution in [0, 0.1) is 0 Å². The van der Waals surface area contributed by atoms with Gasteiger partial charge in [0.05, 0.1) is 29.0 Å². The molecule has 0 bridgehead atoms. The normalized spacial score (nSPS) is 17.0. The predicted octanol–water partition coefficient (Wildman–Crippen LogP) is 3.12. The van der Waals surface area contributed by atoms with Gasteiger partial charge in [0.25, 0.3) is 11.8 Å². The highest BCUT2D eigenvalue weighted by molar-refractivity contribution is 6.12. The molecule has 0 aliphatic carbocycles. The molecule has 4 rings (SSSR count). The zero-order chi connectivity index (χ0) is 24.1. The van der Waals surface area contributed by atoms with E-state index in [1.165, 1.54) is 18.0 Å². The molecule has 0 saturated carbocycles. The molecule has 172 valence electrons. The highest BCUT2D eigenvalue weighted by Gasteiger charge is 2.29. The summed E-state index contributed by atoms with van der Waals surface area (Å²) in [6.07, 6.45) is -1.03. The van der Waals surface area contributed by atoms with Crippen molar-refractivity contribution >= 4 is 35.1 Å². The van der Waals surface area contributed by atoms with E-state index in [0.717, 1.165) is 5.56 Å². The van der Waals surface area contributed by atoms with Crippen molar-refractivity contribution in [3.05, 3.63) is 95.6 Å². The van der Waals surface area contributed by atoms with Gasteiger partial charge in [-0.25, -0.2) is 4.79 Å². The van der Waals surface area contributed by atoms with Crippen LogP contribution in [0.25, 0.3) is 0 Å². The van der Waals surface area contributed by atoms with Gasteiger partial charge in [0.2, 0.25) is 5.91 Å². The monoisotopic (exact) mass is 457 g/mol. The van der Waals surface area contributed by atoms with E-state index in [4.69, 9.17) is 4.74 Å². The predicted molar refractivity (Wildman–Crippen MR) is 126 cm³/mol. The molecular weight excluding hydrogens is 434 g/mol. The average Bonchev–Trinajstić information content (AvgIpc) is 2.83. The van der Waals surface area contributed by atoms with Gasteiger partial charge in [0.1, 0.15) is 0 Å². The van der Waals surface area contributed by atoms with E-state index in [1.54, 1.807) is 42.5 Å². The molecule has 2 N–H and O–H groups in total. The van der Waals surface area contributed by atoms with E-state index in [1.807, 2.05) is 30.3 Å². The lowest BCUT2D eigenvalue weighted by molar-refractivity contribution is -0.141. The molecule has 0 radical (unpaired) electrons. The second-order valence-electron chi connectivity index (χ2n) is 7.87. The summed E-state index contributed by atoms with van der Waals surface area (Å²) in [6, 6.07) is 22.0. The fourth-order valence-corrected chi connectivity index (χ4v) is 3.68. The summed E-state index contributed by atoms with van der Waals surface area (Å²) in [6.45, 7) is -0.284. The Hall–Kier alpha value is -4.46. The SMILES string of the molecule is CN1CC(=O)Nc2ccccc2C(=O)Nc2ccccc2C(=O)OC(Cc2ccccc2)C1=O. The number of carbonyl (C=O) groups is 4. The van der Waals surface area contributed by atoms with Crippen molar-refractivity contribution in [2.24, 2.45) is 0 Å². The third kappa shape index (κ3) is 5.12. The van der Waals surface area contributed by atoms with Crippen molar-refractivity contribution in [3.63, 3.8) is 0 Å². The summed E-state index contributed by atoms with van der Waals surface area (Å²) in [5.74, 6) is -2.26. The number of rotatable bonds is 2. The van der Waals surface area contributed by atoms with Crippen LogP contribution in [0.15, 0.2) is 78.9 Å². The fraction of sp³-hybridized carbons (Fsp3) is 0.154. The first-order valence-corrected chi connectivity index (χ1v) is 10.7. The Kier molecular flexibility index (Phi) is 6.68. The second-order valence-corrected chi connectivity index (χ2v) is 7.87. The van der Waals surface area contributed by atoms with Gasteiger partial charge >= 0.3 is 5.97 Å². The van der Waals surface area contributed by atoms with Crippen LogP contribution in [0.2, 0.25) is 0 Å². The number of hydrogen-bond acceptors (Lipinski definition) is 5. The molecule has 8 heteroatoms. The maximum atomic E-state index is 13.2. The van der Waals surface area contributed by atoms with Crippen molar-refractivity contribution in [1.29, 1.82) is 0 Å². The molecule has 1 aliphatic rings. The number of nitrogens with one attached hydrogen (secondary N) is 2. The molecule has 0 aromatic heterocycles. The molecule has 1 aliphatic heterocycles. The minimum atomic E-state index is -1.16. The largest absolute Gasteiger partial charge is 0.448 e. The number of esters is 1. The number of hydrogen-bond donors (Lipinski definition) is 2. The van der Waals surface area contributed by atoms with Crippen LogP contribution in [0.5, 0.6) is 0 Å². The van der Waals surface area contributed by atoms with E-state index in [0.29, 0.717) is 5.69 Å². The lowest BCUT2D eigenvalue weighted by Crippen LogP contribution is -2.44. The Morgan fingerprint density at radius 2 is 1.38 bits per heavy atom. The summed E-state index contributed by atoms with van der Waals surface area (Å²) in [4.78, 5) is 53.2. The van der Waals surface area contributed by atoms with Crippen molar-refractivity contribution in [3.8, 4) is 0 Å². The number of benzene rings is 3. The zero-order valence-corrected chi connectivity index (χ0v) is 18.5. The molecule has 0 fully saturated rings. The maximum Gasteiger partial charge on any atom is 0.341 e. The maximum absolute atomic E-state index is 13.2. The van der Waals surface area contributed by atoms with Gasteiger partial charge in [-0.15, -0.1) is 0 Å². The van der Waals surface area contributed by atoms with Crippen LogP contribution in [0.1, 0.15) is 26.3 Å². The van der Waals surface area contributed by atoms with E-state index in [9.17, 15) is 19.2 Å². The summed E-state index contributed by atoms with van der Waals surface area (Å²) < 4.78 is 5.64. The molecule has 1 heterocycles. The standard InChI is InChI=1S/C26H23N3O5/c1-29-16-23(30)27-20-13-7-5-11-18(20)24(31)28-21-14-8-6-12-19(21)26(33)34-22(25(29)32)15-17-9-3-2-4-10-17/h2-14,22H,15-16H2,1H3,(H,27,30)(H,28,31). The molecule has 34 heavy (non-hydrogen) atoms. The molecule has 0 spiro atoms. The third-order valence-electron chi connectivity index (χ3n) is 5.39. The number of nitrogens with zero attached hydrogens (tertiary/aromatic N) is 1. The van der Waals surface area contributed by atoms with Crippen molar-refractivity contribution in [1.82, 2.24) is 4.90 Å². The van der Waals surface area contributed by atoms with Crippen molar-refractivity contribution in [2.75, 3.05) is 24.2 Å². The Morgan fingerprint density at radius 3 is 2.09 bits per heavy atom. The van der Waals surface area contributed by atoms with Crippen molar-refractivity contribution < 1.29 is 23.9 Å². The molecule has 1 unspecified atom stereocenters. The molecule has 1 atom stereocenters. The number of amides is 3. The van der Waals surface area contributed by atoms with E-state index in [-0.39, 0.29) is 29.8 Å². The lowest BCUT2D eigenvalue weighted by Gasteiger charge is -2.25. The van der Waals surface area contributed by atoms with Gasteiger partial charge in [0, 0.05) is 13.5 Å². The molecule has 0 saturated heterocycles. The lowest BCUT2D eigenvalue weighted by atomic mass is 10.1. The van der Waals surface area contributed by atoms with E-state index < -0.39 is 29.8 Å². The Morgan fingerprint density at radius 1 is 0.794 bits per heavy atom. The summed E-state index contributed by atoms with van der Waals surface area (Å²) >= 11 is 0. The van der Waals surface area contributed by atoms with Crippen LogP contribution >= 0.6 is 0 Å². The Balaban J connectivity index is 1.74. The number of anilines is 2. The minimum absolute atomic E-state index is 0.114. The number of fused-ring (bicyclic) bond motifs is 2. The summed E-state index contributed by atoms with van der Waals surface area (Å²) in [5, 5.41) is 5.41. The van der Waals surface area contributed by atoms with E-state index in [2.05, 4.69) is 10.6 Å². The smallest absolute Gasteiger partial charge is 0.341 e. The van der Waals surface area contributed by atoms with Crippen LogP contribution < -0.4 is 10.6 Å². The number of likely N-dealkylation sites (N-methyl/N-ethyl adjacent to an activating group) is 1. The molecular formula is C26H23N3O5. The fourth-order valence-electron chi connectivity index (χ4n) is 3.68. The van der Waals surface area contributed by atoms with Gasteiger partial charge < -0.3 is 20.3 Å². The van der Waals surface area contributed by atoms with Crippen molar-refractivity contribution in [2.45, 2.75) is 12.5 Å². The minimum Gasteiger partial charge on any atom is -0.448 e. The van der Waals surface area contributed by atoms with Crippen LogP contribution in [-0.4, -0.2) is 48.3 Å². The first kappa shape index (κ1) is 22.7. The second kappa shape index (κ2) is 9.99. The summed E-state index contributed by atoms with van der Waals surface area (Å²) in [7, 11) is 1.46. The van der Waals surface area contributed by atoms with E-state index >= 15 is 0 Å². The first-order chi connectivity index (χ1) is 16.4. The number of para-hydroxylation sites is 2. The zero-order valence-electron chi connectivity index (χ0n) is 18.5. The number of carbonyl (C=O) groups excluding carboxylic acids is 4. The number of ether oxygens (including phenoxy) is 1.